The van der Waals surface area contributed by atoms with E-state index < -0.39 is 0 Å². The highest BCUT2D eigenvalue weighted by Crippen LogP contribution is 2.58. The largest absolute Gasteiger partial charge is 0.310 e. The molecule has 0 aromatic heterocycles. The molecule has 59 heavy (non-hydrogen) atoms. The van der Waals surface area contributed by atoms with Crippen molar-refractivity contribution in [1.82, 2.24) is 0 Å². The number of fused-ring (bicyclic) bond motifs is 8. The lowest BCUT2D eigenvalue weighted by Crippen LogP contribution is -2.17. The van der Waals surface area contributed by atoms with Crippen LogP contribution in [0.15, 0.2) is 200 Å². The number of benzene rings is 9. The van der Waals surface area contributed by atoms with Gasteiger partial charge in [0.2, 0.25) is 0 Å². The van der Waals surface area contributed by atoms with Crippen molar-refractivity contribution in [3.8, 4) is 55.6 Å². The Labute approximate surface area is 347 Å². The minimum atomic E-state index is -0.206. The first kappa shape index (κ1) is 35.2. The topological polar surface area (TPSA) is 3.24 Å². The van der Waals surface area contributed by atoms with Crippen molar-refractivity contribution in [2.75, 3.05) is 4.90 Å². The molecule has 9 aromatic carbocycles. The Morgan fingerprint density at radius 2 is 0.695 bits per heavy atom. The fraction of sp³-hybridized carbons (Fsp3) is 0.103. The predicted octanol–water partition coefficient (Wildman–Crippen LogP) is 15.9. The van der Waals surface area contributed by atoms with Crippen molar-refractivity contribution in [2.45, 2.75) is 38.5 Å². The molecule has 2 aliphatic rings. The number of rotatable bonds is 6. The Balaban J connectivity index is 1.04. The van der Waals surface area contributed by atoms with Crippen LogP contribution in [0.1, 0.15) is 49.9 Å². The maximum atomic E-state index is 2.55. The van der Waals surface area contributed by atoms with Crippen molar-refractivity contribution >= 4 is 27.8 Å². The second kappa shape index (κ2) is 13.3. The molecule has 0 bridgehead atoms. The molecule has 0 saturated heterocycles. The van der Waals surface area contributed by atoms with Gasteiger partial charge in [0, 0.05) is 27.9 Å². The van der Waals surface area contributed by atoms with E-state index in [-0.39, 0.29) is 10.8 Å². The fourth-order valence-electron chi connectivity index (χ4n) is 10.1. The van der Waals surface area contributed by atoms with Gasteiger partial charge in [-0.1, -0.05) is 173 Å². The molecule has 0 atom stereocenters. The Morgan fingerprint density at radius 3 is 1.27 bits per heavy atom. The van der Waals surface area contributed by atoms with Gasteiger partial charge in [0.25, 0.3) is 0 Å². The third-order valence-corrected chi connectivity index (χ3v) is 13.3. The fourth-order valence-corrected chi connectivity index (χ4v) is 10.1. The van der Waals surface area contributed by atoms with Crippen molar-refractivity contribution < 1.29 is 0 Å². The zero-order valence-corrected chi connectivity index (χ0v) is 34.0. The molecule has 0 spiro atoms. The van der Waals surface area contributed by atoms with Crippen LogP contribution in [0.3, 0.4) is 0 Å². The number of anilines is 3. The van der Waals surface area contributed by atoms with E-state index >= 15 is 0 Å². The lowest BCUT2D eigenvalue weighted by atomic mass is 9.79. The van der Waals surface area contributed by atoms with Gasteiger partial charge in [-0.25, -0.2) is 0 Å². The molecule has 0 N–H and O–H groups in total. The molecule has 0 fully saturated rings. The molecule has 0 unspecified atom stereocenters. The van der Waals surface area contributed by atoms with E-state index in [2.05, 4.69) is 233 Å². The van der Waals surface area contributed by atoms with Crippen LogP contribution < -0.4 is 4.90 Å². The predicted molar refractivity (Wildman–Crippen MR) is 250 cm³/mol. The van der Waals surface area contributed by atoms with E-state index in [1.165, 1.54) is 88.7 Å². The van der Waals surface area contributed by atoms with E-state index in [1.54, 1.807) is 0 Å². The minimum Gasteiger partial charge on any atom is -0.310 e. The summed E-state index contributed by atoms with van der Waals surface area (Å²) in [7, 11) is 0. The Hall–Kier alpha value is -6.96. The van der Waals surface area contributed by atoms with E-state index in [1.807, 2.05) is 0 Å². The van der Waals surface area contributed by atoms with Crippen molar-refractivity contribution in [2.24, 2.45) is 0 Å². The van der Waals surface area contributed by atoms with Crippen LogP contribution in [0.25, 0.3) is 66.4 Å². The Bertz CT molecular complexity index is 2960. The van der Waals surface area contributed by atoms with Gasteiger partial charge in [-0.3, -0.25) is 0 Å². The van der Waals surface area contributed by atoms with Crippen LogP contribution in [-0.2, 0) is 10.8 Å². The van der Waals surface area contributed by atoms with Gasteiger partial charge in [-0.05, 0) is 143 Å². The first-order valence-electron chi connectivity index (χ1n) is 20.8. The van der Waals surface area contributed by atoms with E-state index in [9.17, 15) is 0 Å². The maximum absolute atomic E-state index is 2.55. The van der Waals surface area contributed by atoms with E-state index in [0.717, 1.165) is 17.1 Å². The summed E-state index contributed by atoms with van der Waals surface area (Å²) >= 11 is 0. The van der Waals surface area contributed by atoms with Gasteiger partial charge in [-0.2, -0.15) is 0 Å². The summed E-state index contributed by atoms with van der Waals surface area (Å²) in [6, 6.07) is 73.9. The molecule has 11 rings (SSSR count). The molecule has 0 amide bonds. The lowest BCUT2D eigenvalue weighted by Gasteiger charge is -2.28. The average Bonchev–Trinajstić information content (AvgIpc) is 3.65. The highest BCUT2D eigenvalue weighted by atomic mass is 15.1. The zero-order valence-electron chi connectivity index (χ0n) is 34.0. The minimum absolute atomic E-state index is 0.158. The first-order valence-corrected chi connectivity index (χ1v) is 20.8. The van der Waals surface area contributed by atoms with Gasteiger partial charge >= 0.3 is 0 Å². The number of nitrogens with zero attached hydrogens (tertiary/aromatic N) is 1. The van der Waals surface area contributed by atoms with Crippen LogP contribution in [0.2, 0.25) is 0 Å². The molecule has 2 aliphatic carbocycles. The van der Waals surface area contributed by atoms with Crippen LogP contribution in [0, 0.1) is 0 Å². The van der Waals surface area contributed by atoms with Gasteiger partial charge < -0.3 is 4.90 Å². The molecular formula is C58H45N. The van der Waals surface area contributed by atoms with Gasteiger partial charge in [0.15, 0.2) is 0 Å². The second-order valence-corrected chi connectivity index (χ2v) is 17.3. The summed E-state index contributed by atoms with van der Waals surface area (Å²) < 4.78 is 0. The molecule has 0 heterocycles. The summed E-state index contributed by atoms with van der Waals surface area (Å²) in [5.41, 5.74) is 21.5. The molecule has 1 heteroatoms. The molecule has 1 nitrogen and oxygen atoms in total. The normalized spacial score (nSPS) is 14.0. The second-order valence-electron chi connectivity index (χ2n) is 17.3. The standard InChI is InChI=1S/C58H45N/c1-57(2)52-34-45(59(43-28-24-40(25-29-43)38-16-8-5-9-17-38)44-30-26-41(27-31-44)39-18-10-6-11-19-39)32-33-47(52)50-36-54-51(37-53(50)57)56-48-23-15-14-22-46(48)49(35-55(56)58(54,3)4)42-20-12-7-13-21-42/h5-37H,1-4H3. The van der Waals surface area contributed by atoms with Crippen LogP contribution >= 0.6 is 0 Å². The molecular weight excluding hydrogens is 711 g/mol. The smallest absolute Gasteiger partial charge is 0.0465 e. The summed E-state index contributed by atoms with van der Waals surface area (Å²) in [5.74, 6) is 0. The quantitative estimate of drug-likeness (QED) is 0.163. The molecule has 0 aliphatic heterocycles. The third-order valence-electron chi connectivity index (χ3n) is 13.3. The third kappa shape index (κ3) is 5.53. The Kier molecular flexibility index (Phi) is 7.94. The van der Waals surface area contributed by atoms with Crippen molar-refractivity contribution in [1.29, 1.82) is 0 Å². The van der Waals surface area contributed by atoms with Crippen LogP contribution in [0.5, 0.6) is 0 Å². The highest BCUT2D eigenvalue weighted by molar-refractivity contribution is 6.09. The SMILES string of the molecule is CC1(C)c2cc(N(c3ccc(-c4ccccc4)cc3)c3ccc(-c4ccccc4)cc3)ccc2-c2cc3c(cc21)-c1c(cc(-c2ccccc2)c2ccccc12)C3(C)C. The molecule has 9 aromatic rings. The van der Waals surface area contributed by atoms with E-state index in [0.29, 0.717) is 0 Å². The van der Waals surface area contributed by atoms with Gasteiger partial charge in [0.1, 0.15) is 0 Å². The van der Waals surface area contributed by atoms with Crippen molar-refractivity contribution in [3.63, 3.8) is 0 Å². The molecule has 282 valence electrons. The average molecular weight is 756 g/mol. The first-order chi connectivity index (χ1) is 28.8. The summed E-state index contributed by atoms with van der Waals surface area (Å²) in [4.78, 5) is 2.42. The zero-order chi connectivity index (χ0) is 39.9. The monoisotopic (exact) mass is 755 g/mol. The lowest BCUT2D eigenvalue weighted by molar-refractivity contribution is 0.652. The van der Waals surface area contributed by atoms with Crippen molar-refractivity contribution in [3.05, 3.63) is 222 Å². The number of hydrogen-bond acceptors (Lipinski definition) is 1. The van der Waals surface area contributed by atoms with E-state index in [4.69, 9.17) is 0 Å². The van der Waals surface area contributed by atoms with Gasteiger partial charge in [-0.15, -0.1) is 0 Å². The molecule has 0 saturated carbocycles. The highest BCUT2D eigenvalue weighted by Gasteiger charge is 2.43. The maximum Gasteiger partial charge on any atom is 0.0465 e. The summed E-state index contributed by atoms with van der Waals surface area (Å²) in [6.07, 6.45) is 0. The summed E-state index contributed by atoms with van der Waals surface area (Å²) in [5, 5.41) is 2.64. The Morgan fingerprint density at radius 1 is 0.288 bits per heavy atom. The molecule has 0 radical (unpaired) electrons. The summed E-state index contributed by atoms with van der Waals surface area (Å²) in [6.45, 7) is 9.67. The van der Waals surface area contributed by atoms with Gasteiger partial charge in [0.05, 0.1) is 0 Å². The number of hydrogen-bond donors (Lipinski definition) is 0. The van der Waals surface area contributed by atoms with Crippen LogP contribution in [-0.4, -0.2) is 0 Å². The van der Waals surface area contributed by atoms with Crippen LogP contribution in [0.4, 0.5) is 17.1 Å².